The highest BCUT2D eigenvalue weighted by atomic mass is 16.5. The summed E-state index contributed by atoms with van der Waals surface area (Å²) in [5, 5.41) is 0. The van der Waals surface area contributed by atoms with Gasteiger partial charge in [-0.2, -0.15) is 0 Å². The molecule has 5 rings (SSSR count). The second kappa shape index (κ2) is 8.10. The first-order chi connectivity index (χ1) is 14.4. The molecule has 0 aromatic heterocycles. The Hall–Kier alpha value is -2.87. The largest absolute Gasteiger partial charge is 0.496 e. The van der Waals surface area contributed by atoms with Crippen molar-refractivity contribution in [3.63, 3.8) is 0 Å². The summed E-state index contributed by atoms with van der Waals surface area (Å²) in [5.41, 5.74) is 7.83. The Morgan fingerprint density at radius 1 is 0.800 bits per heavy atom. The predicted octanol–water partition coefficient (Wildman–Crippen LogP) is 6.11. The van der Waals surface area contributed by atoms with Gasteiger partial charge in [-0.05, 0) is 65.0 Å². The molecule has 3 aromatic rings. The molecular formula is C28H30O2. The summed E-state index contributed by atoms with van der Waals surface area (Å²) in [6.07, 6.45) is 3.46. The van der Waals surface area contributed by atoms with Crippen LogP contribution in [0.4, 0.5) is 0 Å². The minimum absolute atomic E-state index is 0.0835. The number of methoxy groups -OCH3 is 1. The average Bonchev–Trinajstić information content (AvgIpc) is 2.77. The standard InChI is InChI=1S/C28H30O2/c1-28(2,3)24-17-22-13-11-19-10-12-20(14-15-23(18-24)27(22)30-4)25(16-19)26(29)21-8-6-5-7-9-21/h5-10,12,16-18H,11,13-15H2,1-4H3. The van der Waals surface area contributed by atoms with Gasteiger partial charge < -0.3 is 4.74 Å². The smallest absolute Gasteiger partial charge is 0.193 e. The van der Waals surface area contributed by atoms with Crippen molar-refractivity contribution < 1.29 is 9.53 Å². The number of rotatable bonds is 3. The average molecular weight is 399 g/mol. The van der Waals surface area contributed by atoms with Crippen molar-refractivity contribution >= 4 is 5.78 Å². The molecule has 0 unspecified atom stereocenters. The molecule has 0 heterocycles. The quantitative estimate of drug-likeness (QED) is 0.498. The van der Waals surface area contributed by atoms with E-state index in [1.807, 2.05) is 30.3 Å². The number of ether oxygens (including phenoxy) is 1. The van der Waals surface area contributed by atoms with Crippen LogP contribution in [0, 0.1) is 0 Å². The number of benzene rings is 3. The lowest BCUT2D eigenvalue weighted by molar-refractivity contribution is 0.103. The van der Waals surface area contributed by atoms with Crippen molar-refractivity contribution in [3.8, 4) is 5.75 Å². The van der Waals surface area contributed by atoms with E-state index in [0.717, 1.165) is 48.1 Å². The lowest BCUT2D eigenvalue weighted by Crippen LogP contribution is -2.13. The van der Waals surface area contributed by atoms with Crippen molar-refractivity contribution in [2.45, 2.75) is 51.9 Å². The van der Waals surface area contributed by atoms with Crippen LogP contribution in [0.2, 0.25) is 0 Å². The highest BCUT2D eigenvalue weighted by Gasteiger charge is 2.22. The van der Waals surface area contributed by atoms with E-state index in [-0.39, 0.29) is 11.2 Å². The number of carbonyl (C=O) groups is 1. The van der Waals surface area contributed by atoms with Gasteiger partial charge in [0.05, 0.1) is 7.11 Å². The van der Waals surface area contributed by atoms with Crippen molar-refractivity contribution in [1.29, 1.82) is 0 Å². The summed E-state index contributed by atoms with van der Waals surface area (Å²) in [6, 6.07) is 20.6. The first-order valence-corrected chi connectivity index (χ1v) is 10.8. The SMILES string of the molecule is COc1c2cc(C(C)(C)C)cc1CCc1ccc(cc1C(=O)c1ccccc1)CC2. The fourth-order valence-electron chi connectivity index (χ4n) is 4.32. The molecule has 0 saturated heterocycles. The summed E-state index contributed by atoms with van der Waals surface area (Å²) < 4.78 is 5.87. The van der Waals surface area contributed by atoms with Crippen molar-refractivity contribution in [1.82, 2.24) is 0 Å². The molecule has 0 aliphatic heterocycles. The third kappa shape index (κ3) is 4.05. The van der Waals surface area contributed by atoms with Gasteiger partial charge in [0.25, 0.3) is 0 Å². The van der Waals surface area contributed by atoms with Crippen LogP contribution in [0.1, 0.15) is 64.5 Å². The van der Waals surface area contributed by atoms with E-state index < -0.39 is 0 Å². The summed E-state index contributed by atoms with van der Waals surface area (Å²) >= 11 is 0. The monoisotopic (exact) mass is 398 g/mol. The third-order valence-electron chi connectivity index (χ3n) is 6.11. The maximum Gasteiger partial charge on any atom is 0.193 e. The predicted molar refractivity (Wildman–Crippen MR) is 123 cm³/mol. The molecule has 0 saturated carbocycles. The number of ketones is 1. The Kier molecular flexibility index (Phi) is 5.51. The Morgan fingerprint density at radius 2 is 1.43 bits per heavy atom. The van der Waals surface area contributed by atoms with Gasteiger partial charge >= 0.3 is 0 Å². The zero-order valence-electron chi connectivity index (χ0n) is 18.4. The molecule has 3 aromatic carbocycles. The van der Waals surface area contributed by atoms with Crippen LogP contribution in [0.25, 0.3) is 0 Å². The van der Waals surface area contributed by atoms with E-state index in [1.165, 1.54) is 22.3 Å². The highest BCUT2D eigenvalue weighted by molar-refractivity contribution is 6.10. The third-order valence-corrected chi connectivity index (χ3v) is 6.11. The second-order valence-corrected chi connectivity index (χ2v) is 9.26. The number of fused-ring (bicyclic) bond motifs is 4. The number of hydrogen-bond acceptors (Lipinski definition) is 2. The van der Waals surface area contributed by atoms with E-state index in [1.54, 1.807) is 7.11 Å². The second-order valence-electron chi connectivity index (χ2n) is 9.26. The lowest BCUT2D eigenvalue weighted by Gasteiger charge is -2.23. The van der Waals surface area contributed by atoms with Crippen LogP contribution in [-0.4, -0.2) is 12.9 Å². The molecular weight excluding hydrogens is 368 g/mol. The minimum Gasteiger partial charge on any atom is -0.496 e. The van der Waals surface area contributed by atoms with E-state index in [4.69, 9.17) is 4.74 Å². The van der Waals surface area contributed by atoms with Crippen LogP contribution in [0.15, 0.2) is 60.7 Å². The summed E-state index contributed by atoms with van der Waals surface area (Å²) in [7, 11) is 1.77. The molecule has 2 aliphatic carbocycles. The molecule has 2 nitrogen and oxygen atoms in total. The van der Waals surface area contributed by atoms with Gasteiger partial charge in [0, 0.05) is 11.1 Å². The molecule has 2 heteroatoms. The van der Waals surface area contributed by atoms with E-state index in [9.17, 15) is 4.79 Å². The van der Waals surface area contributed by atoms with Crippen LogP contribution in [-0.2, 0) is 31.1 Å². The van der Waals surface area contributed by atoms with Crippen molar-refractivity contribution in [2.75, 3.05) is 7.11 Å². The van der Waals surface area contributed by atoms with Crippen LogP contribution in [0.5, 0.6) is 5.75 Å². The summed E-state index contributed by atoms with van der Waals surface area (Å²) in [5.74, 6) is 1.13. The van der Waals surface area contributed by atoms with Gasteiger partial charge in [-0.15, -0.1) is 0 Å². The molecule has 4 bridgehead atoms. The summed E-state index contributed by atoms with van der Waals surface area (Å²) in [6.45, 7) is 6.77. The molecule has 0 atom stereocenters. The molecule has 154 valence electrons. The number of hydrogen-bond donors (Lipinski definition) is 0. The summed E-state index contributed by atoms with van der Waals surface area (Å²) in [4.78, 5) is 13.3. The zero-order valence-corrected chi connectivity index (χ0v) is 18.4. The fourth-order valence-corrected chi connectivity index (χ4v) is 4.32. The highest BCUT2D eigenvalue weighted by Crippen LogP contribution is 2.34. The van der Waals surface area contributed by atoms with E-state index >= 15 is 0 Å². The van der Waals surface area contributed by atoms with Gasteiger partial charge in [0.2, 0.25) is 0 Å². The van der Waals surface area contributed by atoms with Gasteiger partial charge in [-0.3, -0.25) is 4.79 Å². The van der Waals surface area contributed by atoms with Crippen molar-refractivity contribution in [3.05, 3.63) is 99.6 Å². The molecule has 2 aliphatic rings. The van der Waals surface area contributed by atoms with E-state index in [2.05, 4.69) is 51.1 Å². The normalized spacial score (nSPS) is 13.6. The molecule has 0 fully saturated rings. The molecule has 0 N–H and O–H groups in total. The van der Waals surface area contributed by atoms with Crippen LogP contribution >= 0.6 is 0 Å². The topological polar surface area (TPSA) is 26.3 Å². The first kappa shape index (κ1) is 20.4. The Labute approximate surface area is 179 Å². The van der Waals surface area contributed by atoms with Crippen LogP contribution < -0.4 is 4.74 Å². The molecule has 30 heavy (non-hydrogen) atoms. The zero-order chi connectivity index (χ0) is 21.3. The molecule has 0 radical (unpaired) electrons. The maximum absolute atomic E-state index is 13.3. The Bertz CT molecular complexity index is 1070. The van der Waals surface area contributed by atoms with Crippen LogP contribution in [0.3, 0.4) is 0 Å². The fraction of sp³-hybridized carbons (Fsp3) is 0.321. The number of carbonyl (C=O) groups excluding carboxylic acids is 1. The van der Waals surface area contributed by atoms with Crippen molar-refractivity contribution in [2.24, 2.45) is 0 Å². The van der Waals surface area contributed by atoms with Gasteiger partial charge in [0.15, 0.2) is 5.78 Å². The lowest BCUT2D eigenvalue weighted by atomic mass is 9.83. The molecule has 0 amide bonds. The minimum atomic E-state index is 0.0835. The Morgan fingerprint density at radius 3 is 2.07 bits per heavy atom. The van der Waals surface area contributed by atoms with E-state index in [0.29, 0.717) is 0 Å². The van der Waals surface area contributed by atoms with Gasteiger partial charge in [-0.1, -0.05) is 75.4 Å². The van der Waals surface area contributed by atoms with Gasteiger partial charge in [0.1, 0.15) is 5.75 Å². The van der Waals surface area contributed by atoms with Gasteiger partial charge in [-0.25, -0.2) is 0 Å². The maximum atomic E-state index is 13.3. The first-order valence-electron chi connectivity index (χ1n) is 10.8. The molecule has 0 spiro atoms. The number of aryl methyl sites for hydroxylation is 4. The Balaban J connectivity index is 1.79.